The van der Waals surface area contributed by atoms with Gasteiger partial charge in [-0.3, -0.25) is 10.1 Å². The summed E-state index contributed by atoms with van der Waals surface area (Å²) in [6.45, 7) is 4.28. The number of benzene rings is 1. The van der Waals surface area contributed by atoms with Gasteiger partial charge in [-0.2, -0.15) is 19.6 Å². The monoisotopic (exact) mass is 432 g/mol. The molecule has 0 radical (unpaired) electrons. The van der Waals surface area contributed by atoms with Crippen molar-refractivity contribution in [2.75, 3.05) is 10.6 Å². The first-order valence-corrected chi connectivity index (χ1v) is 10.7. The average molecular weight is 432 g/mol. The van der Waals surface area contributed by atoms with Gasteiger partial charge in [0.1, 0.15) is 5.70 Å². The van der Waals surface area contributed by atoms with E-state index >= 15 is 0 Å². The van der Waals surface area contributed by atoms with Crippen LogP contribution in [0, 0.1) is 5.92 Å². The van der Waals surface area contributed by atoms with E-state index in [-0.39, 0.29) is 11.7 Å². The van der Waals surface area contributed by atoms with Gasteiger partial charge in [0, 0.05) is 11.6 Å². The van der Waals surface area contributed by atoms with E-state index < -0.39 is 11.9 Å². The molecule has 1 aliphatic heterocycles. The quantitative estimate of drug-likeness (QED) is 0.334. The predicted molar refractivity (Wildman–Crippen MR) is 120 cm³/mol. The molecule has 0 spiro atoms. The third kappa shape index (κ3) is 3.98. The minimum Gasteiger partial charge on any atom is -0.351 e. The first kappa shape index (κ1) is 20.0. The van der Waals surface area contributed by atoms with Crippen LogP contribution in [0.15, 0.2) is 42.2 Å². The van der Waals surface area contributed by atoms with Crippen LogP contribution in [-0.2, 0) is 4.79 Å². The SMILES string of the molecule is CC(C)C(Nc1nc(NC2CC2)n2ncc(/C=C3\NC(=O)NC3=O)c2n1)c1ccccc1. The predicted octanol–water partition coefficient (Wildman–Crippen LogP) is 2.69. The number of imide groups is 1. The van der Waals surface area contributed by atoms with Crippen LogP contribution >= 0.6 is 0 Å². The number of aromatic nitrogens is 4. The molecule has 1 unspecified atom stereocenters. The first-order valence-electron chi connectivity index (χ1n) is 10.7. The fourth-order valence-corrected chi connectivity index (χ4v) is 3.64. The number of anilines is 2. The molecule has 10 heteroatoms. The van der Waals surface area contributed by atoms with Gasteiger partial charge in [0.25, 0.3) is 5.91 Å². The molecule has 3 aromatic rings. The molecular weight excluding hydrogens is 408 g/mol. The van der Waals surface area contributed by atoms with Gasteiger partial charge in [-0.1, -0.05) is 44.2 Å². The lowest BCUT2D eigenvalue weighted by molar-refractivity contribution is -0.115. The van der Waals surface area contributed by atoms with Gasteiger partial charge in [-0.05, 0) is 30.4 Å². The highest BCUT2D eigenvalue weighted by atomic mass is 16.2. The Morgan fingerprint density at radius 1 is 1.12 bits per heavy atom. The fraction of sp³-hybridized carbons (Fsp3) is 0.318. The highest BCUT2D eigenvalue weighted by Gasteiger charge is 2.26. The van der Waals surface area contributed by atoms with Crippen molar-refractivity contribution < 1.29 is 9.59 Å². The highest BCUT2D eigenvalue weighted by molar-refractivity contribution is 6.14. The van der Waals surface area contributed by atoms with E-state index in [1.807, 2.05) is 18.2 Å². The zero-order valence-corrected chi connectivity index (χ0v) is 17.8. The second kappa shape index (κ2) is 7.95. The summed E-state index contributed by atoms with van der Waals surface area (Å²) >= 11 is 0. The minimum absolute atomic E-state index is 0.0112. The maximum Gasteiger partial charge on any atom is 0.326 e. The van der Waals surface area contributed by atoms with Gasteiger partial charge >= 0.3 is 6.03 Å². The Hall–Kier alpha value is -3.95. The molecule has 4 N–H and O–H groups in total. The van der Waals surface area contributed by atoms with Crippen molar-refractivity contribution in [3.63, 3.8) is 0 Å². The molecule has 10 nitrogen and oxygen atoms in total. The van der Waals surface area contributed by atoms with Crippen molar-refractivity contribution in [2.24, 2.45) is 5.92 Å². The lowest BCUT2D eigenvalue weighted by Gasteiger charge is -2.23. The van der Waals surface area contributed by atoms with Crippen molar-refractivity contribution in [3.8, 4) is 0 Å². The van der Waals surface area contributed by atoms with E-state index in [0.717, 1.165) is 18.4 Å². The molecule has 2 fully saturated rings. The van der Waals surface area contributed by atoms with Crippen LogP contribution in [0.1, 0.15) is 43.9 Å². The molecule has 5 rings (SSSR count). The molecule has 1 saturated carbocycles. The van der Waals surface area contributed by atoms with Crippen LogP contribution in [0.25, 0.3) is 11.7 Å². The Morgan fingerprint density at radius 3 is 2.56 bits per heavy atom. The van der Waals surface area contributed by atoms with Crippen LogP contribution in [0.4, 0.5) is 16.7 Å². The molecule has 3 amide bonds. The summed E-state index contributed by atoms with van der Waals surface area (Å²) in [5.74, 6) is 0.853. The fourth-order valence-electron chi connectivity index (χ4n) is 3.64. The molecule has 1 aliphatic carbocycles. The summed E-state index contributed by atoms with van der Waals surface area (Å²) in [6.07, 6.45) is 5.33. The summed E-state index contributed by atoms with van der Waals surface area (Å²) < 4.78 is 1.62. The largest absolute Gasteiger partial charge is 0.351 e. The van der Waals surface area contributed by atoms with Crippen molar-refractivity contribution in [2.45, 2.75) is 38.8 Å². The smallest absolute Gasteiger partial charge is 0.326 e. The van der Waals surface area contributed by atoms with E-state index in [9.17, 15) is 9.59 Å². The highest BCUT2D eigenvalue weighted by Crippen LogP contribution is 2.28. The number of amides is 3. The second-order valence-corrected chi connectivity index (χ2v) is 8.37. The van der Waals surface area contributed by atoms with Crippen molar-refractivity contribution >= 4 is 35.6 Å². The molecule has 0 bridgehead atoms. The van der Waals surface area contributed by atoms with Crippen LogP contribution in [0.3, 0.4) is 0 Å². The Kier molecular flexibility index (Phi) is 4.96. The van der Waals surface area contributed by atoms with E-state index in [4.69, 9.17) is 9.97 Å². The lowest BCUT2D eigenvalue weighted by atomic mass is 9.96. The van der Waals surface area contributed by atoms with Crippen molar-refractivity contribution in [1.82, 2.24) is 30.2 Å². The van der Waals surface area contributed by atoms with E-state index in [2.05, 4.69) is 52.3 Å². The van der Waals surface area contributed by atoms with Crippen molar-refractivity contribution in [3.05, 3.63) is 53.4 Å². The number of nitrogens with zero attached hydrogens (tertiary/aromatic N) is 4. The Bertz CT molecular complexity index is 1210. The van der Waals surface area contributed by atoms with Gasteiger partial charge in [0.05, 0.1) is 12.2 Å². The number of carbonyl (C=O) groups excluding carboxylic acids is 2. The number of nitrogens with one attached hydrogen (secondary N) is 4. The molecule has 3 heterocycles. The van der Waals surface area contributed by atoms with E-state index in [0.29, 0.717) is 35.1 Å². The first-order chi connectivity index (χ1) is 15.5. The van der Waals surface area contributed by atoms with Gasteiger partial charge in [0.2, 0.25) is 11.9 Å². The van der Waals surface area contributed by atoms with Gasteiger partial charge in [0.15, 0.2) is 5.65 Å². The molecule has 1 atom stereocenters. The number of hydrogen-bond acceptors (Lipinski definition) is 7. The summed E-state index contributed by atoms with van der Waals surface area (Å²) in [6, 6.07) is 10.0. The topological polar surface area (TPSA) is 125 Å². The van der Waals surface area contributed by atoms with Crippen LogP contribution in [-0.4, -0.2) is 37.6 Å². The molecule has 1 aromatic carbocycles. The molecule has 32 heavy (non-hydrogen) atoms. The molecule has 2 aromatic heterocycles. The van der Waals surface area contributed by atoms with Crippen molar-refractivity contribution in [1.29, 1.82) is 0 Å². The maximum atomic E-state index is 12.0. The Morgan fingerprint density at radius 2 is 1.91 bits per heavy atom. The van der Waals surface area contributed by atoms with E-state index in [1.165, 1.54) is 0 Å². The zero-order valence-electron chi connectivity index (χ0n) is 17.8. The Labute approximate surface area is 184 Å². The van der Waals surface area contributed by atoms with Crippen LogP contribution in [0.2, 0.25) is 0 Å². The number of fused-ring (bicyclic) bond motifs is 1. The van der Waals surface area contributed by atoms with Crippen LogP contribution in [0.5, 0.6) is 0 Å². The number of carbonyl (C=O) groups is 2. The van der Waals surface area contributed by atoms with Gasteiger partial charge < -0.3 is 16.0 Å². The summed E-state index contributed by atoms with van der Waals surface area (Å²) in [7, 11) is 0. The van der Waals surface area contributed by atoms with Gasteiger partial charge in [-0.25, -0.2) is 4.79 Å². The summed E-state index contributed by atoms with van der Waals surface area (Å²) in [5, 5.41) is 16.0. The number of rotatable bonds is 7. The van der Waals surface area contributed by atoms with Gasteiger partial charge in [-0.15, -0.1) is 0 Å². The molecular formula is C22H24N8O2. The third-order valence-electron chi connectivity index (χ3n) is 5.44. The summed E-state index contributed by atoms with van der Waals surface area (Å²) in [4.78, 5) is 32.8. The summed E-state index contributed by atoms with van der Waals surface area (Å²) in [5.41, 5.74) is 2.42. The third-order valence-corrected chi connectivity index (χ3v) is 5.44. The minimum atomic E-state index is -0.548. The maximum absolute atomic E-state index is 12.0. The average Bonchev–Trinajstić information content (AvgIpc) is 3.41. The normalized spacial score (nSPS) is 18.2. The number of hydrogen-bond donors (Lipinski definition) is 4. The molecule has 2 aliphatic rings. The standard InChI is InChI=1S/C22H24N8O2/c1-12(2)17(13-6-4-3-5-7-13)26-20-27-18-14(10-16-19(31)28-22(32)25-16)11-23-30(18)21(29-20)24-15-8-9-15/h3-7,10-12,15,17H,8-9H2,1-2H3,(H2,24,26,27,29)(H2,25,28,31,32)/b16-10-. The Balaban J connectivity index is 1.56. The second-order valence-electron chi connectivity index (χ2n) is 8.37. The zero-order chi connectivity index (χ0) is 22.2. The van der Waals surface area contributed by atoms with Crippen LogP contribution < -0.4 is 21.3 Å². The molecule has 1 saturated heterocycles. The van der Waals surface area contributed by atoms with E-state index in [1.54, 1.807) is 16.8 Å². The number of urea groups is 1. The lowest BCUT2D eigenvalue weighted by Crippen LogP contribution is -2.22. The molecule has 164 valence electrons.